The maximum Gasteiger partial charge on any atom is 0.0889 e. The van der Waals surface area contributed by atoms with E-state index < -0.39 is 0 Å². The van der Waals surface area contributed by atoms with Crippen LogP contribution in [0.15, 0.2) is 113 Å². The monoisotopic (exact) mass is 480 g/mol. The molecule has 0 amide bonds. The summed E-state index contributed by atoms with van der Waals surface area (Å²) < 4.78 is 0. The molecule has 4 N–H and O–H groups in total. The van der Waals surface area contributed by atoms with Gasteiger partial charge in [0, 0.05) is 23.5 Å². The molecule has 3 rings (SSSR count). The van der Waals surface area contributed by atoms with Gasteiger partial charge >= 0.3 is 0 Å². The smallest absolute Gasteiger partial charge is 0.0889 e. The zero-order chi connectivity index (χ0) is 25.9. The second-order valence-electron chi connectivity index (χ2n) is 9.36. The van der Waals surface area contributed by atoms with Crippen molar-refractivity contribution in [2.45, 2.75) is 58.4 Å². The SMILES string of the molecule is C=C(CCC(CCCC)NC)C1=CCC=C2\C=C/C(C(=C/N)/C(=N)c3cccc(C)n3)=C/C=C/C2=C1. The van der Waals surface area contributed by atoms with Gasteiger partial charge in [-0.2, -0.15) is 0 Å². The number of nitrogens with two attached hydrogens (primary N) is 1. The van der Waals surface area contributed by atoms with Crippen molar-refractivity contribution in [3.8, 4) is 0 Å². The predicted molar refractivity (Wildman–Crippen MR) is 154 cm³/mol. The molecule has 4 heteroatoms. The fourth-order valence-corrected chi connectivity index (χ4v) is 4.49. The molecule has 0 radical (unpaired) electrons. The number of aromatic nitrogens is 1. The van der Waals surface area contributed by atoms with Crippen molar-refractivity contribution in [2.75, 3.05) is 7.05 Å². The van der Waals surface area contributed by atoms with Gasteiger partial charge in [0.2, 0.25) is 0 Å². The minimum atomic E-state index is 0.316. The van der Waals surface area contributed by atoms with Crippen molar-refractivity contribution in [3.63, 3.8) is 0 Å². The molecule has 1 heterocycles. The lowest BCUT2D eigenvalue weighted by Gasteiger charge is -2.17. The topological polar surface area (TPSA) is 74.8 Å². The molecule has 0 aromatic carbocycles. The van der Waals surface area contributed by atoms with Gasteiger partial charge in [-0.25, -0.2) is 0 Å². The van der Waals surface area contributed by atoms with Crippen LogP contribution in [-0.2, 0) is 0 Å². The van der Waals surface area contributed by atoms with E-state index in [-0.39, 0.29) is 0 Å². The molecule has 4 nitrogen and oxygen atoms in total. The standard InChI is InChI=1S/C32H40N4/c1-5-6-15-29(35-4)20-17-23(2)27-13-8-11-25-18-19-26(12-9-14-28(25)21-27)30(22-33)32(34)31-16-7-10-24(3)36-31/h7,9-14,16,18-19,21-22,29,34-35H,2,5-6,8,15,17,20,33H2,1,3-4H3/b14-9+,19-18-,26-12-,30-22-,34-32?. The molecule has 2 aliphatic carbocycles. The molecule has 188 valence electrons. The summed E-state index contributed by atoms with van der Waals surface area (Å²) in [5.74, 6) is 0. The first-order chi connectivity index (χ1) is 17.5. The van der Waals surface area contributed by atoms with Crippen molar-refractivity contribution in [3.05, 3.63) is 124 Å². The van der Waals surface area contributed by atoms with Crippen LogP contribution in [-0.4, -0.2) is 23.8 Å². The van der Waals surface area contributed by atoms with Gasteiger partial charge in [0.1, 0.15) is 0 Å². The van der Waals surface area contributed by atoms with Gasteiger partial charge in [-0.05, 0) is 85.7 Å². The lowest BCUT2D eigenvalue weighted by molar-refractivity contribution is 0.472. The van der Waals surface area contributed by atoms with Crippen molar-refractivity contribution in [1.29, 1.82) is 5.41 Å². The van der Waals surface area contributed by atoms with Crippen LogP contribution >= 0.6 is 0 Å². The Balaban J connectivity index is 1.77. The molecule has 0 spiro atoms. The van der Waals surface area contributed by atoms with Crippen LogP contribution in [0.4, 0.5) is 0 Å². The lowest BCUT2D eigenvalue weighted by Crippen LogP contribution is -2.25. The molecule has 1 atom stereocenters. The second-order valence-corrected chi connectivity index (χ2v) is 9.36. The highest BCUT2D eigenvalue weighted by Gasteiger charge is 2.15. The molecule has 2 aliphatic rings. The highest BCUT2D eigenvalue weighted by molar-refractivity contribution is 6.12. The van der Waals surface area contributed by atoms with E-state index in [0.717, 1.165) is 41.7 Å². The van der Waals surface area contributed by atoms with E-state index in [2.05, 4.69) is 61.2 Å². The van der Waals surface area contributed by atoms with Crippen LogP contribution in [0, 0.1) is 12.3 Å². The minimum Gasteiger partial charge on any atom is -0.404 e. The highest BCUT2D eigenvalue weighted by Crippen LogP contribution is 2.29. The molecule has 1 unspecified atom stereocenters. The summed E-state index contributed by atoms with van der Waals surface area (Å²) in [5, 5.41) is 12.2. The number of aryl methyl sites for hydroxylation is 1. The number of fused-ring (bicyclic) bond motifs is 1. The Morgan fingerprint density at radius 2 is 2.00 bits per heavy atom. The van der Waals surface area contributed by atoms with Crippen LogP contribution in [0.2, 0.25) is 0 Å². The number of hydrogen-bond acceptors (Lipinski definition) is 4. The van der Waals surface area contributed by atoms with E-state index in [1.54, 1.807) is 0 Å². The van der Waals surface area contributed by atoms with Crippen molar-refractivity contribution in [1.82, 2.24) is 10.3 Å². The number of nitrogens with one attached hydrogen (secondary N) is 2. The van der Waals surface area contributed by atoms with Crippen LogP contribution in [0.3, 0.4) is 0 Å². The van der Waals surface area contributed by atoms with Crippen LogP contribution < -0.4 is 11.1 Å². The van der Waals surface area contributed by atoms with Crippen LogP contribution in [0.5, 0.6) is 0 Å². The first-order valence-corrected chi connectivity index (χ1v) is 13.0. The van der Waals surface area contributed by atoms with Gasteiger partial charge in [-0.15, -0.1) is 0 Å². The molecule has 0 fully saturated rings. The van der Waals surface area contributed by atoms with E-state index in [9.17, 15) is 0 Å². The number of unbranched alkanes of at least 4 members (excludes halogenated alkanes) is 1. The number of pyridine rings is 1. The van der Waals surface area contributed by atoms with E-state index in [1.165, 1.54) is 36.6 Å². The quantitative estimate of drug-likeness (QED) is 0.300. The summed E-state index contributed by atoms with van der Waals surface area (Å²) in [6, 6.07) is 6.23. The fourth-order valence-electron chi connectivity index (χ4n) is 4.49. The Bertz CT molecular complexity index is 1180. The maximum absolute atomic E-state index is 8.70. The summed E-state index contributed by atoms with van der Waals surface area (Å²) in [4.78, 5) is 4.50. The summed E-state index contributed by atoms with van der Waals surface area (Å²) in [6.45, 7) is 8.59. The number of allylic oxidation sites excluding steroid dienone is 14. The average Bonchev–Trinajstić information content (AvgIpc) is 3.07. The maximum atomic E-state index is 8.70. The zero-order valence-corrected chi connectivity index (χ0v) is 22.0. The van der Waals surface area contributed by atoms with Gasteiger partial charge in [0.05, 0.1) is 11.4 Å². The predicted octanol–water partition coefficient (Wildman–Crippen LogP) is 6.95. The molecule has 1 aromatic heterocycles. The number of nitrogens with zero attached hydrogens (tertiary/aromatic N) is 1. The normalized spacial score (nSPS) is 19.7. The molecular formula is C32H40N4. The molecule has 0 saturated heterocycles. The van der Waals surface area contributed by atoms with E-state index in [0.29, 0.717) is 23.0 Å². The lowest BCUT2D eigenvalue weighted by atomic mass is 9.93. The summed E-state index contributed by atoms with van der Waals surface area (Å²) >= 11 is 0. The van der Waals surface area contributed by atoms with Crippen molar-refractivity contribution < 1.29 is 0 Å². The van der Waals surface area contributed by atoms with Crippen molar-refractivity contribution in [2.24, 2.45) is 5.73 Å². The Kier molecular flexibility index (Phi) is 10.2. The summed E-state index contributed by atoms with van der Waals surface area (Å²) in [5.41, 5.74) is 14.1. The van der Waals surface area contributed by atoms with Gasteiger partial charge in [0.25, 0.3) is 0 Å². The Morgan fingerprint density at radius 1 is 1.17 bits per heavy atom. The van der Waals surface area contributed by atoms with Gasteiger partial charge in [-0.1, -0.05) is 74.9 Å². The van der Waals surface area contributed by atoms with Gasteiger partial charge in [0.15, 0.2) is 0 Å². The number of rotatable bonds is 11. The Labute approximate surface area is 217 Å². The Morgan fingerprint density at radius 3 is 2.72 bits per heavy atom. The molecular weight excluding hydrogens is 440 g/mol. The zero-order valence-electron chi connectivity index (χ0n) is 22.0. The highest BCUT2D eigenvalue weighted by atomic mass is 14.9. The van der Waals surface area contributed by atoms with Crippen LogP contribution in [0.1, 0.15) is 56.8 Å². The third-order valence-corrected chi connectivity index (χ3v) is 6.72. The largest absolute Gasteiger partial charge is 0.404 e. The van der Waals surface area contributed by atoms with Crippen LogP contribution in [0.25, 0.3) is 0 Å². The van der Waals surface area contributed by atoms with Gasteiger partial charge in [-0.3, -0.25) is 10.4 Å². The molecule has 36 heavy (non-hydrogen) atoms. The molecule has 0 saturated carbocycles. The molecule has 0 bridgehead atoms. The minimum absolute atomic E-state index is 0.316. The third-order valence-electron chi connectivity index (χ3n) is 6.72. The number of hydrogen-bond donors (Lipinski definition) is 3. The summed E-state index contributed by atoms with van der Waals surface area (Å²) in [6.07, 6.45) is 25.2. The molecule has 1 aromatic rings. The summed E-state index contributed by atoms with van der Waals surface area (Å²) in [7, 11) is 2.06. The first kappa shape index (κ1) is 27.1. The molecule has 0 aliphatic heterocycles. The Hall–Kier alpha value is -3.50. The second kappa shape index (κ2) is 13.6. The first-order valence-electron chi connectivity index (χ1n) is 13.0. The van der Waals surface area contributed by atoms with E-state index in [1.807, 2.05) is 43.4 Å². The fraction of sp³-hybridized carbons (Fsp3) is 0.312. The third kappa shape index (κ3) is 7.25. The van der Waals surface area contributed by atoms with E-state index >= 15 is 0 Å². The van der Waals surface area contributed by atoms with E-state index in [4.69, 9.17) is 11.1 Å². The average molecular weight is 481 g/mol. The van der Waals surface area contributed by atoms with Gasteiger partial charge < -0.3 is 11.1 Å². The van der Waals surface area contributed by atoms with Crippen molar-refractivity contribution >= 4 is 5.71 Å².